The number of hydrogen-bond acceptors (Lipinski definition) is 7. The van der Waals surface area contributed by atoms with Gasteiger partial charge in [0.1, 0.15) is 5.01 Å². The van der Waals surface area contributed by atoms with E-state index < -0.39 is 29.8 Å². The number of nitrogens with one attached hydrogen (secondary N) is 2. The molecular formula is C36H40F3N5O3S. The number of aliphatic hydroxyl groups excluding tert-OH is 1. The van der Waals surface area contributed by atoms with Crippen LogP contribution in [0.5, 0.6) is 0 Å². The topological polar surface area (TPSA) is 97.8 Å². The van der Waals surface area contributed by atoms with Crippen molar-refractivity contribution in [3.05, 3.63) is 117 Å². The largest absolute Gasteiger partial charge is 0.416 e. The maximum atomic E-state index is 13.9. The van der Waals surface area contributed by atoms with Gasteiger partial charge in [0.15, 0.2) is 0 Å². The minimum absolute atomic E-state index is 0.0159. The van der Waals surface area contributed by atoms with Crippen molar-refractivity contribution in [2.75, 3.05) is 32.1 Å². The Balaban J connectivity index is 1.34. The van der Waals surface area contributed by atoms with Gasteiger partial charge in [-0.15, -0.1) is 11.3 Å². The van der Waals surface area contributed by atoms with Gasteiger partial charge in [-0.25, -0.2) is 4.98 Å². The molecule has 5 rings (SSSR count). The molecule has 2 amide bonds. The molecule has 0 bridgehead atoms. The van der Waals surface area contributed by atoms with E-state index in [1.165, 1.54) is 6.07 Å². The lowest BCUT2D eigenvalue weighted by Crippen LogP contribution is -2.48. The summed E-state index contributed by atoms with van der Waals surface area (Å²) in [7, 11) is 3.67. The Bertz CT molecular complexity index is 1710. The van der Waals surface area contributed by atoms with E-state index in [-0.39, 0.29) is 30.6 Å². The molecule has 3 N–H and O–H groups in total. The maximum Gasteiger partial charge on any atom is 0.416 e. The Labute approximate surface area is 282 Å². The summed E-state index contributed by atoms with van der Waals surface area (Å²) >= 11 is 1.54. The minimum atomic E-state index is -4.45. The summed E-state index contributed by atoms with van der Waals surface area (Å²) in [5, 5.41) is 20.1. The number of rotatable bonds is 12. The van der Waals surface area contributed by atoms with E-state index in [9.17, 15) is 27.9 Å². The van der Waals surface area contributed by atoms with Gasteiger partial charge in [-0.05, 0) is 61.6 Å². The molecule has 1 saturated heterocycles. The Kier molecular flexibility index (Phi) is 11.2. The standard InChI is InChI=1S/C36H40F3N5O3S/c1-23-22-48-34(41-23)31-13-8-14-44(31)35(47)27-17-26(18-29(19-27)43(2)3)33(46)42-30(16-24-9-5-4-6-10-24)32(45)21-40-20-25-11-7-12-28(15-25)36(37,38)39/h4-7,9-12,15,17-19,22,30-32,40,45H,8,13-14,16,20-21H2,1-3H3,(H,42,46)/t30-,31+,32-/m0/s1. The lowest BCUT2D eigenvalue weighted by atomic mass is 9.99. The quantitative estimate of drug-likeness (QED) is 0.170. The second-order valence-electron chi connectivity index (χ2n) is 12.3. The zero-order valence-electron chi connectivity index (χ0n) is 27.1. The monoisotopic (exact) mass is 679 g/mol. The van der Waals surface area contributed by atoms with E-state index >= 15 is 0 Å². The number of carbonyl (C=O) groups is 2. The van der Waals surface area contributed by atoms with Crippen LogP contribution in [0.2, 0.25) is 0 Å². The predicted molar refractivity (Wildman–Crippen MR) is 181 cm³/mol. The van der Waals surface area contributed by atoms with Crippen molar-refractivity contribution in [3.8, 4) is 0 Å². The number of likely N-dealkylation sites (tertiary alicyclic amines) is 1. The summed E-state index contributed by atoms with van der Waals surface area (Å²) in [4.78, 5) is 36.0. The summed E-state index contributed by atoms with van der Waals surface area (Å²) in [5.41, 5.74) is 2.81. The summed E-state index contributed by atoms with van der Waals surface area (Å²) in [6.45, 7) is 2.64. The number of amides is 2. The molecule has 1 aromatic heterocycles. The number of aromatic nitrogens is 1. The number of benzene rings is 3. The van der Waals surface area contributed by atoms with Gasteiger partial charge >= 0.3 is 6.18 Å². The highest BCUT2D eigenvalue weighted by molar-refractivity contribution is 7.09. The van der Waals surface area contributed by atoms with E-state index in [1.807, 2.05) is 66.5 Å². The Hall–Kier alpha value is -4.26. The molecule has 0 aliphatic carbocycles. The first-order valence-corrected chi connectivity index (χ1v) is 16.7. The maximum absolute atomic E-state index is 13.9. The number of halogens is 3. The number of aliphatic hydroxyl groups is 1. The van der Waals surface area contributed by atoms with Gasteiger partial charge in [-0.2, -0.15) is 13.2 Å². The van der Waals surface area contributed by atoms with Crippen LogP contribution in [0.3, 0.4) is 0 Å². The zero-order chi connectivity index (χ0) is 34.4. The van der Waals surface area contributed by atoms with Gasteiger partial charge in [0.2, 0.25) is 0 Å². The van der Waals surface area contributed by atoms with Crippen molar-refractivity contribution >= 4 is 28.8 Å². The Morgan fingerprint density at radius 1 is 1.04 bits per heavy atom. The highest BCUT2D eigenvalue weighted by Gasteiger charge is 2.33. The fourth-order valence-corrected chi connectivity index (χ4v) is 6.79. The van der Waals surface area contributed by atoms with Crippen LogP contribution < -0.4 is 15.5 Å². The van der Waals surface area contributed by atoms with Crippen molar-refractivity contribution in [3.63, 3.8) is 0 Å². The van der Waals surface area contributed by atoms with Crippen molar-refractivity contribution in [1.29, 1.82) is 0 Å². The van der Waals surface area contributed by atoms with Crippen LogP contribution in [0.15, 0.2) is 78.2 Å². The Morgan fingerprint density at radius 3 is 2.46 bits per heavy atom. The molecule has 0 spiro atoms. The van der Waals surface area contributed by atoms with Crippen LogP contribution in [0.25, 0.3) is 0 Å². The average molecular weight is 680 g/mol. The van der Waals surface area contributed by atoms with Crippen LogP contribution >= 0.6 is 11.3 Å². The number of alkyl halides is 3. The summed E-state index contributed by atoms with van der Waals surface area (Å²) in [6, 6.07) is 18.6. The van der Waals surface area contributed by atoms with Crippen molar-refractivity contribution in [1.82, 2.24) is 20.5 Å². The minimum Gasteiger partial charge on any atom is -0.390 e. The number of anilines is 1. The Morgan fingerprint density at radius 2 is 1.77 bits per heavy atom. The predicted octanol–water partition coefficient (Wildman–Crippen LogP) is 6.01. The number of nitrogens with zero attached hydrogens (tertiary/aromatic N) is 3. The molecule has 4 aromatic rings. The molecule has 1 fully saturated rings. The highest BCUT2D eigenvalue weighted by Crippen LogP contribution is 2.35. The lowest BCUT2D eigenvalue weighted by molar-refractivity contribution is -0.137. The van der Waals surface area contributed by atoms with Crippen LogP contribution in [-0.2, 0) is 19.1 Å². The third-order valence-electron chi connectivity index (χ3n) is 8.40. The number of thiazole rings is 1. The average Bonchev–Trinajstić information content (AvgIpc) is 3.73. The molecule has 1 aliphatic rings. The van der Waals surface area contributed by atoms with Crippen LogP contribution in [0, 0.1) is 6.92 Å². The summed E-state index contributed by atoms with van der Waals surface area (Å²) in [5.74, 6) is -0.637. The normalized spacial score (nSPS) is 16.1. The van der Waals surface area contributed by atoms with E-state index in [0.29, 0.717) is 29.8 Å². The fraction of sp³-hybridized carbons (Fsp3) is 0.361. The molecule has 1 aliphatic heterocycles. The van der Waals surface area contributed by atoms with E-state index in [4.69, 9.17) is 0 Å². The van der Waals surface area contributed by atoms with E-state index in [1.54, 1.807) is 35.6 Å². The van der Waals surface area contributed by atoms with Crippen molar-refractivity contribution < 1.29 is 27.9 Å². The summed E-state index contributed by atoms with van der Waals surface area (Å²) in [6.07, 6.45) is -3.55. The second kappa shape index (κ2) is 15.3. The summed E-state index contributed by atoms with van der Waals surface area (Å²) < 4.78 is 39.5. The van der Waals surface area contributed by atoms with Gasteiger partial charge in [0.25, 0.3) is 11.8 Å². The van der Waals surface area contributed by atoms with E-state index in [2.05, 4.69) is 15.6 Å². The molecule has 12 heteroatoms. The first-order valence-electron chi connectivity index (χ1n) is 15.8. The van der Waals surface area contributed by atoms with Crippen molar-refractivity contribution in [2.24, 2.45) is 0 Å². The number of carbonyl (C=O) groups excluding carboxylic acids is 2. The highest BCUT2D eigenvalue weighted by atomic mass is 32.1. The first kappa shape index (κ1) is 35.1. The zero-order valence-corrected chi connectivity index (χ0v) is 27.9. The van der Waals surface area contributed by atoms with Gasteiger partial charge in [0.05, 0.1) is 23.8 Å². The molecule has 0 radical (unpaired) electrons. The fourth-order valence-electron chi connectivity index (χ4n) is 5.85. The van der Waals surface area contributed by atoms with E-state index in [0.717, 1.165) is 41.2 Å². The smallest absolute Gasteiger partial charge is 0.390 e. The van der Waals surface area contributed by atoms with Crippen molar-refractivity contribution in [2.45, 2.75) is 57.1 Å². The lowest BCUT2D eigenvalue weighted by Gasteiger charge is -2.26. The molecule has 0 saturated carbocycles. The molecular weight excluding hydrogens is 639 g/mol. The SMILES string of the molecule is Cc1csc([C@H]2CCCN2C(=O)c2cc(C(=O)N[C@@H](Cc3ccccc3)[C@@H](O)CNCc3cccc(C(F)(F)F)c3)cc(N(C)C)c2)n1. The first-order chi connectivity index (χ1) is 22.9. The second-order valence-corrected chi connectivity index (χ2v) is 13.2. The third kappa shape index (κ3) is 8.80. The van der Waals surface area contributed by atoms with Gasteiger partial charge in [-0.1, -0.05) is 48.5 Å². The molecule has 3 atom stereocenters. The van der Waals surface area contributed by atoms with Gasteiger partial charge in [0, 0.05) is 61.6 Å². The van der Waals surface area contributed by atoms with Gasteiger partial charge in [-0.3, -0.25) is 9.59 Å². The van der Waals surface area contributed by atoms with Crippen LogP contribution in [0.4, 0.5) is 18.9 Å². The molecule has 3 aromatic carbocycles. The van der Waals surface area contributed by atoms with Gasteiger partial charge < -0.3 is 25.5 Å². The molecule has 48 heavy (non-hydrogen) atoms. The number of hydrogen-bond donors (Lipinski definition) is 3. The third-order valence-corrected chi connectivity index (χ3v) is 9.46. The molecule has 0 unspecified atom stereocenters. The van der Waals surface area contributed by atoms with Crippen LogP contribution in [-0.4, -0.2) is 66.1 Å². The molecule has 254 valence electrons. The molecule has 8 nitrogen and oxygen atoms in total. The number of aryl methyl sites for hydroxylation is 1. The molecule has 2 heterocycles. The van der Waals surface area contributed by atoms with Crippen LogP contribution in [0.1, 0.15) is 67.0 Å².